The van der Waals surface area contributed by atoms with Gasteiger partial charge < -0.3 is 10.2 Å². The van der Waals surface area contributed by atoms with Crippen LogP contribution in [0.1, 0.15) is 27.2 Å². The molecule has 0 fully saturated rings. The summed E-state index contributed by atoms with van der Waals surface area (Å²) < 4.78 is 13.2. The summed E-state index contributed by atoms with van der Waals surface area (Å²) in [5, 5.41) is 2.77. The predicted octanol–water partition coefficient (Wildman–Crippen LogP) is 2.09. The fourth-order valence-corrected chi connectivity index (χ4v) is 1.59. The first-order valence-electron chi connectivity index (χ1n) is 6.27. The highest BCUT2D eigenvalue weighted by Gasteiger charge is 2.16. The molecule has 1 unspecified atom stereocenters. The Hall–Kier alpha value is -1.91. The molecule has 1 N–H and O–H groups in total. The zero-order valence-electron chi connectivity index (χ0n) is 11.4. The normalized spacial score (nSPS) is 11.8. The van der Waals surface area contributed by atoms with Crippen molar-refractivity contribution in [2.75, 3.05) is 11.4 Å². The number of halogens is 1. The van der Waals surface area contributed by atoms with Crippen molar-refractivity contribution in [3.05, 3.63) is 30.1 Å². The van der Waals surface area contributed by atoms with Crippen molar-refractivity contribution in [3.8, 4) is 0 Å². The fraction of sp³-hybridized carbons (Fsp3) is 0.429. The van der Waals surface area contributed by atoms with Crippen LogP contribution in [0, 0.1) is 5.82 Å². The maximum Gasteiger partial charge on any atom is 0.240 e. The molecule has 19 heavy (non-hydrogen) atoms. The topological polar surface area (TPSA) is 49.4 Å². The number of carbonyl (C=O) groups is 2. The molecule has 1 aromatic rings. The predicted molar refractivity (Wildman–Crippen MR) is 72.3 cm³/mol. The molecule has 0 aliphatic carbocycles. The summed E-state index contributed by atoms with van der Waals surface area (Å²) >= 11 is 0. The Morgan fingerprint density at radius 2 is 2.11 bits per heavy atom. The smallest absolute Gasteiger partial charge is 0.240 e. The van der Waals surface area contributed by atoms with E-state index < -0.39 is 5.82 Å². The Balaban J connectivity index is 2.79. The third kappa shape index (κ3) is 4.69. The first kappa shape index (κ1) is 15.1. The number of benzene rings is 1. The van der Waals surface area contributed by atoms with Gasteiger partial charge in [-0.05, 0) is 31.5 Å². The lowest BCUT2D eigenvalue weighted by atomic mass is 10.2. The maximum absolute atomic E-state index is 13.2. The Bertz CT molecular complexity index is 463. The summed E-state index contributed by atoms with van der Waals surface area (Å²) in [4.78, 5) is 24.6. The van der Waals surface area contributed by atoms with Gasteiger partial charge in [0.05, 0.1) is 0 Å². The molecule has 0 bridgehead atoms. The Morgan fingerprint density at radius 1 is 1.42 bits per heavy atom. The number of nitrogens with zero attached hydrogens (tertiary/aromatic N) is 1. The summed E-state index contributed by atoms with van der Waals surface area (Å²) in [6.07, 6.45) is 0.811. The molecule has 1 atom stereocenters. The summed E-state index contributed by atoms with van der Waals surface area (Å²) in [5.74, 6) is -0.996. The number of anilines is 1. The molecule has 104 valence electrons. The van der Waals surface area contributed by atoms with Gasteiger partial charge in [-0.25, -0.2) is 4.39 Å². The summed E-state index contributed by atoms with van der Waals surface area (Å²) in [6, 6.07) is 5.68. The molecule has 2 amide bonds. The van der Waals surface area contributed by atoms with Gasteiger partial charge in [0.15, 0.2) is 0 Å². The van der Waals surface area contributed by atoms with Crippen LogP contribution in [0.2, 0.25) is 0 Å². The number of carbonyl (C=O) groups excluding carboxylic acids is 2. The molecule has 1 aromatic carbocycles. The van der Waals surface area contributed by atoms with E-state index in [0.717, 1.165) is 6.42 Å². The van der Waals surface area contributed by atoms with E-state index in [1.165, 1.54) is 30.0 Å². The molecular weight excluding hydrogens is 247 g/mol. The minimum Gasteiger partial charge on any atom is -0.352 e. The van der Waals surface area contributed by atoms with Crippen LogP contribution < -0.4 is 10.2 Å². The van der Waals surface area contributed by atoms with Gasteiger partial charge in [0.1, 0.15) is 12.4 Å². The van der Waals surface area contributed by atoms with Crippen molar-refractivity contribution in [1.82, 2.24) is 5.32 Å². The van der Waals surface area contributed by atoms with Crippen molar-refractivity contribution in [3.63, 3.8) is 0 Å². The van der Waals surface area contributed by atoms with Crippen LogP contribution in [0.3, 0.4) is 0 Å². The second-order valence-corrected chi connectivity index (χ2v) is 4.46. The first-order valence-corrected chi connectivity index (χ1v) is 6.27. The summed E-state index contributed by atoms with van der Waals surface area (Å²) in [6.45, 7) is 5.09. The number of hydrogen-bond acceptors (Lipinski definition) is 2. The van der Waals surface area contributed by atoms with E-state index in [0.29, 0.717) is 5.69 Å². The standard InChI is InChI=1S/C14H19FN2O2/c1-4-10(2)16-14(19)9-17(11(3)18)13-7-5-6-12(15)8-13/h5-8,10H,4,9H2,1-3H3,(H,16,19). The van der Waals surface area contributed by atoms with Gasteiger partial charge in [0.2, 0.25) is 11.8 Å². The van der Waals surface area contributed by atoms with Crippen LogP contribution in [0.4, 0.5) is 10.1 Å². The lowest BCUT2D eigenvalue weighted by Gasteiger charge is -2.22. The molecule has 0 radical (unpaired) electrons. The molecule has 4 nitrogen and oxygen atoms in total. The summed E-state index contributed by atoms with van der Waals surface area (Å²) in [7, 11) is 0. The molecular formula is C14H19FN2O2. The van der Waals surface area contributed by atoms with E-state index in [2.05, 4.69) is 5.32 Å². The highest BCUT2D eigenvalue weighted by molar-refractivity contribution is 5.97. The van der Waals surface area contributed by atoms with E-state index in [4.69, 9.17) is 0 Å². The van der Waals surface area contributed by atoms with Gasteiger partial charge in [-0.3, -0.25) is 9.59 Å². The van der Waals surface area contributed by atoms with Gasteiger partial charge >= 0.3 is 0 Å². The zero-order valence-corrected chi connectivity index (χ0v) is 11.4. The van der Waals surface area contributed by atoms with Gasteiger partial charge in [0.25, 0.3) is 0 Å². The Morgan fingerprint density at radius 3 is 2.63 bits per heavy atom. The quantitative estimate of drug-likeness (QED) is 0.887. The van der Waals surface area contributed by atoms with Crippen LogP contribution in [0.25, 0.3) is 0 Å². The van der Waals surface area contributed by atoms with E-state index in [1.54, 1.807) is 6.07 Å². The Labute approximate surface area is 112 Å². The number of nitrogens with one attached hydrogen (secondary N) is 1. The fourth-order valence-electron chi connectivity index (χ4n) is 1.59. The highest BCUT2D eigenvalue weighted by Crippen LogP contribution is 2.15. The molecule has 0 aliphatic heterocycles. The number of hydrogen-bond donors (Lipinski definition) is 1. The molecule has 5 heteroatoms. The molecule has 0 aromatic heterocycles. The van der Waals surface area contributed by atoms with Crippen molar-refractivity contribution in [1.29, 1.82) is 0 Å². The summed E-state index contributed by atoms with van der Waals surface area (Å²) in [5.41, 5.74) is 0.381. The zero-order chi connectivity index (χ0) is 14.4. The van der Waals surface area contributed by atoms with E-state index in [9.17, 15) is 14.0 Å². The van der Waals surface area contributed by atoms with E-state index in [-0.39, 0.29) is 24.4 Å². The third-order valence-electron chi connectivity index (χ3n) is 2.82. The van der Waals surface area contributed by atoms with Crippen LogP contribution in [0.5, 0.6) is 0 Å². The van der Waals surface area contributed by atoms with Gasteiger partial charge in [0, 0.05) is 18.7 Å². The second-order valence-electron chi connectivity index (χ2n) is 4.46. The van der Waals surface area contributed by atoms with Crippen molar-refractivity contribution in [2.45, 2.75) is 33.2 Å². The molecule has 0 aliphatic rings. The van der Waals surface area contributed by atoms with E-state index >= 15 is 0 Å². The minimum atomic E-state index is -0.439. The molecule has 0 saturated carbocycles. The SMILES string of the molecule is CCC(C)NC(=O)CN(C(C)=O)c1cccc(F)c1. The van der Waals surface area contributed by atoms with Gasteiger partial charge in [-0.15, -0.1) is 0 Å². The van der Waals surface area contributed by atoms with Crippen LogP contribution in [-0.4, -0.2) is 24.4 Å². The largest absolute Gasteiger partial charge is 0.352 e. The van der Waals surface area contributed by atoms with Gasteiger partial charge in [-0.2, -0.15) is 0 Å². The number of rotatable bonds is 5. The van der Waals surface area contributed by atoms with Crippen molar-refractivity contribution >= 4 is 17.5 Å². The minimum absolute atomic E-state index is 0.0498. The van der Waals surface area contributed by atoms with Gasteiger partial charge in [-0.1, -0.05) is 13.0 Å². The number of amides is 2. The van der Waals surface area contributed by atoms with Crippen LogP contribution in [-0.2, 0) is 9.59 Å². The highest BCUT2D eigenvalue weighted by atomic mass is 19.1. The van der Waals surface area contributed by atoms with Crippen LogP contribution in [0.15, 0.2) is 24.3 Å². The average Bonchev–Trinajstić information content (AvgIpc) is 2.35. The van der Waals surface area contributed by atoms with Crippen LogP contribution >= 0.6 is 0 Å². The first-order chi connectivity index (χ1) is 8.93. The van der Waals surface area contributed by atoms with E-state index in [1.807, 2.05) is 13.8 Å². The molecule has 0 spiro atoms. The lowest BCUT2D eigenvalue weighted by Crippen LogP contribution is -2.42. The van der Waals surface area contributed by atoms with Crippen molar-refractivity contribution < 1.29 is 14.0 Å². The Kier molecular flexibility index (Phi) is 5.48. The monoisotopic (exact) mass is 266 g/mol. The lowest BCUT2D eigenvalue weighted by molar-refractivity contribution is -0.123. The molecule has 0 saturated heterocycles. The third-order valence-corrected chi connectivity index (χ3v) is 2.82. The molecule has 1 rings (SSSR count). The molecule has 0 heterocycles. The van der Waals surface area contributed by atoms with Crippen molar-refractivity contribution in [2.24, 2.45) is 0 Å². The average molecular weight is 266 g/mol. The maximum atomic E-state index is 13.2. The second kappa shape index (κ2) is 6.87.